The zero-order chi connectivity index (χ0) is 13.1. The quantitative estimate of drug-likeness (QED) is 0.844. The zero-order valence-corrected chi connectivity index (χ0v) is 11.1. The van der Waals surface area contributed by atoms with Gasteiger partial charge >= 0.3 is 0 Å². The molecule has 2 aromatic rings. The van der Waals surface area contributed by atoms with E-state index in [1.165, 1.54) is 0 Å². The fourth-order valence-corrected chi connectivity index (χ4v) is 2.54. The maximum absolute atomic E-state index is 5.27. The van der Waals surface area contributed by atoms with Crippen molar-refractivity contribution in [2.75, 3.05) is 13.1 Å². The first kappa shape index (κ1) is 12.3. The topological polar surface area (TPSA) is 55.1 Å². The van der Waals surface area contributed by atoms with Crippen LogP contribution in [0.5, 0.6) is 0 Å². The molecule has 1 aliphatic rings. The lowest BCUT2D eigenvalue weighted by atomic mass is 9.96. The second kappa shape index (κ2) is 5.48. The van der Waals surface area contributed by atoms with Gasteiger partial charge in [0.05, 0.1) is 5.69 Å². The van der Waals surface area contributed by atoms with Crippen molar-refractivity contribution in [3.8, 4) is 0 Å². The molecule has 1 aliphatic heterocycles. The molecule has 0 bridgehead atoms. The Labute approximate surface area is 112 Å². The first-order valence-corrected chi connectivity index (χ1v) is 6.74. The van der Waals surface area contributed by atoms with Crippen molar-refractivity contribution in [1.82, 2.24) is 20.0 Å². The number of aromatic nitrogens is 3. The zero-order valence-electron chi connectivity index (χ0n) is 11.1. The molecule has 2 aromatic heterocycles. The number of pyridine rings is 1. The average molecular weight is 258 g/mol. The maximum atomic E-state index is 5.27. The van der Waals surface area contributed by atoms with Crippen LogP contribution in [0.1, 0.15) is 36.2 Å². The second-order valence-corrected chi connectivity index (χ2v) is 5.05. The summed E-state index contributed by atoms with van der Waals surface area (Å²) in [7, 11) is 0. The van der Waals surface area contributed by atoms with Crippen LogP contribution in [0.4, 0.5) is 0 Å². The van der Waals surface area contributed by atoms with Crippen LogP contribution in [-0.2, 0) is 6.54 Å². The highest BCUT2D eigenvalue weighted by molar-refractivity contribution is 5.04. The van der Waals surface area contributed by atoms with E-state index in [-0.39, 0.29) is 0 Å². The molecule has 0 radical (unpaired) electrons. The summed E-state index contributed by atoms with van der Waals surface area (Å²) in [6.07, 6.45) is 4.01. The number of nitrogens with zero attached hydrogens (tertiary/aromatic N) is 4. The minimum atomic E-state index is 0.418. The molecule has 0 N–H and O–H groups in total. The summed E-state index contributed by atoms with van der Waals surface area (Å²) in [6.45, 7) is 4.91. The Balaban J connectivity index is 1.55. The molecule has 0 saturated carbocycles. The lowest BCUT2D eigenvalue weighted by Crippen LogP contribution is -2.32. The van der Waals surface area contributed by atoms with Crippen LogP contribution in [0.3, 0.4) is 0 Å². The normalized spacial score (nSPS) is 17.7. The van der Waals surface area contributed by atoms with E-state index < -0.39 is 0 Å². The van der Waals surface area contributed by atoms with Gasteiger partial charge < -0.3 is 4.52 Å². The third kappa shape index (κ3) is 2.98. The van der Waals surface area contributed by atoms with E-state index in [1.54, 1.807) is 0 Å². The molecule has 0 atom stereocenters. The number of piperidine rings is 1. The fourth-order valence-electron chi connectivity index (χ4n) is 2.54. The lowest BCUT2D eigenvalue weighted by molar-refractivity contribution is 0.186. The van der Waals surface area contributed by atoms with Crippen molar-refractivity contribution >= 4 is 0 Å². The van der Waals surface area contributed by atoms with Gasteiger partial charge in [-0.1, -0.05) is 11.2 Å². The van der Waals surface area contributed by atoms with Crippen LogP contribution in [0.2, 0.25) is 0 Å². The van der Waals surface area contributed by atoms with Crippen LogP contribution in [0.25, 0.3) is 0 Å². The highest BCUT2D eigenvalue weighted by Gasteiger charge is 2.24. The summed E-state index contributed by atoms with van der Waals surface area (Å²) in [6, 6.07) is 6.07. The fraction of sp³-hybridized carbons (Fsp3) is 0.500. The smallest absolute Gasteiger partial charge is 0.229 e. The standard InChI is InChI=1S/C14H18N4O/c1-11-16-14(19-17-11)12-5-8-18(9-6-12)10-13-4-2-3-7-15-13/h2-4,7,12H,5-6,8-10H2,1H3. The van der Waals surface area contributed by atoms with E-state index in [9.17, 15) is 0 Å². The molecule has 0 spiro atoms. The maximum Gasteiger partial charge on any atom is 0.229 e. The summed E-state index contributed by atoms with van der Waals surface area (Å²) in [5, 5.41) is 3.87. The molecule has 19 heavy (non-hydrogen) atoms. The molecule has 0 unspecified atom stereocenters. The van der Waals surface area contributed by atoms with Crippen molar-refractivity contribution in [2.45, 2.75) is 32.2 Å². The SMILES string of the molecule is Cc1noc(C2CCN(Cc3ccccn3)CC2)n1. The third-order valence-electron chi connectivity index (χ3n) is 3.59. The van der Waals surface area contributed by atoms with Gasteiger partial charge in [-0.2, -0.15) is 4.98 Å². The first-order valence-electron chi connectivity index (χ1n) is 6.74. The molecule has 3 rings (SSSR count). The minimum Gasteiger partial charge on any atom is -0.339 e. The van der Waals surface area contributed by atoms with Gasteiger partial charge in [-0.05, 0) is 45.0 Å². The van der Waals surface area contributed by atoms with E-state index in [0.717, 1.165) is 49.9 Å². The lowest BCUT2D eigenvalue weighted by Gasteiger charge is -2.29. The molecule has 3 heterocycles. The Morgan fingerprint density at radius 3 is 2.79 bits per heavy atom. The van der Waals surface area contributed by atoms with E-state index >= 15 is 0 Å². The number of hydrogen-bond donors (Lipinski definition) is 0. The Kier molecular flexibility index (Phi) is 3.55. The van der Waals surface area contributed by atoms with Crippen LogP contribution < -0.4 is 0 Å². The van der Waals surface area contributed by atoms with Gasteiger partial charge in [0.2, 0.25) is 5.89 Å². The number of likely N-dealkylation sites (tertiary alicyclic amines) is 1. The predicted molar refractivity (Wildman–Crippen MR) is 70.5 cm³/mol. The molecule has 0 amide bonds. The second-order valence-electron chi connectivity index (χ2n) is 5.05. The van der Waals surface area contributed by atoms with E-state index in [1.807, 2.05) is 25.3 Å². The number of aryl methyl sites for hydroxylation is 1. The highest BCUT2D eigenvalue weighted by atomic mass is 16.5. The Bertz CT molecular complexity index is 517. The largest absolute Gasteiger partial charge is 0.339 e. The molecule has 5 heteroatoms. The summed E-state index contributed by atoms with van der Waals surface area (Å²) in [5.41, 5.74) is 1.13. The molecule has 1 saturated heterocycles. The monoisotopic (exact) mass is 258 g/mol. The van der Waals surface area contributed by atoms with Crippen molar-refractivity contribution in [1.29, 1.82) is 0 Å². The van der Waals surface area contributed by atoms with Crippen LogP contribution >= 0.6 is 0 Å². The average Bonchev–Trinajstić information content (AvgIpc) is 2.87. The highest BCUT2D eigenvalue weighted by Crippen LogP contribution is 2.27. The molecule has 1 fully saturated rings. The van der Waals surface area contributed by atoms with Gasteiger partial charge in [0.1, 0.15) is 0 Å². The van der Waals surface area contributed by atoms with Crippen molar-refractivity contribution in [2.24, 2.45) is 0 Å². The molecule has 100 valence electrons. The summed E-state index contributed by atoms with van der Waals surface area (Å²) in [5.74, 6) is 1.95. The first-order chi connectivity index (χ1) is 9.31. The predicted octanol–water partition coefficient (Wildman–Crippen LogP) is 2.15. The molecular formula is C14H18N4O. The number of rotatable bonds is 3. The molecule has 0 aliphatic carbocycles. The van der Waals surface area contributed by atoms with Gasteiger partial charge in [-0.25, -0.2) is 0 Å². The summed E-state index contributed by atoms with van der Waals surface area (Å²) in [4.78, 5) is 11.1. The Hall–Kier alpha value is -1.75. The van der Waals surface area contributed by atoms with E-state index in [4.69, 9.17) is 4.52 Å². The molecular weight excluding hydrogens is 240 g/mol. The van der Waals surface area contributed by atoms with Crippen LogP contribution in [-0.4, -0.2) is 33.1 Å². The van der Waals surface area contributed by atoms with Crippen LogP contribution in [0, 0.1) is 6.92 Å². The van der Waals surface area contributed by atoms with E-state index in [2.05, 4.69) is 26.1 Å². The Morgan fingerprint density at radius 1 is 1.32 bits per heavy atom. The van der Waals surface area contributed by atoms with Crippen molar-refractivity contribution in [3.63, 3.8) is 0 Å². The van der Waals surface area contributed by atoms with Gasteiger partial charge in [-0.15, -0.1) is 0 Å². The number of hydrogen-bond acceptors (Lipinski definition) is 5. The minimum absolute atomic E-state index is 0.418. The van der Waals surface area contributed by atoms with E-state index in [0.29, 0.717) is 5.92 Å². The van der Waals surface area contributed by atoms with Crippen LogP contribution in [0.15, 0.2) is 28.9 Å². The molecule has 0 aromatic carbocycles. The summed E-state index contributed by atoms with van der Waals surface area (Å²) < 4.78 is 5.27. The van der Waals surface area contributed by atoms with Gasteiger partial charge in [-0.3, -0.25) is 9.88 Å². The summed E-state index contributed by atoms with van der Waals surface area (Å²) >= 11 is 0. The molecule has 5 nitrogen and oxygen atoms in total. The third-order valence-corrected chi connectivity index (χ3v) is 3.59. The van der Waals surface area contributed by atoms with Gasteiger partial charge in [0.15, 0.2) is 5.82 Å². The van der Waals surface area contributed by atoms with Gasteiger partial charge in [0.25, 0.3) is 0 Å². The van der Waals surface area contributed by atoms with Crippen molar-refractivity contribution < 1.29 is 4.52 Å². The Morgan fingerprint density at radius 2 is 2.16 bits per heavy atom. The van der Waals surface area contributed by atoms with Gasteiger partial charge in [0, 0.05) is 18.7 Å². The van der Waals surface area contributed by atoms with Crippen molar-refractivity contribution in [3.05, 3.63) is 41.8 Å².